The lowest BCUT2D eigenvalue weighted by Gasteiger charge is -2.07. The van der Waals surface area contributed by atoms with E-state index in [4.69, 9.17) is 9.84 Å². The zero-order valence-electron chi connectivity index (χ0n) is 5.62. The number of carbonyl (C=O) groups is 1. The highest BCUT2D eigenvalue weighted by atomic mass is 16.5. The van der Waals surface area contributed by atoms with E-state index in [1.165, 1.54) is 0 Å². The van der Waals surface area contributed by atoms with Gasteiger partial charge < -0.3 is 9.84 Å². The Morgan fingerprint density at radius 1 is 1.50 bits per heavy atom. The van der Waals surface area contributed by atoms with E-state index in [1.54, 1.807) is 0 Å². The molecule has 1 N–H and O–H groups in total. The molecule has 3 nitrogen and oxygen atoms in total. The zero-order valence-corrected chi connectivity index (χ0v) is 5.62. The molecule has 1 heterocycles. The molecule has 56 valence electrons. The maximum absolute atomic E-state index is 10.5. The van der Waals surface area contributed by atoms with Crippen LogP contribution >= 0.6 is 0 Å². The van der Waals surface area contributed by atoms with Crippen molar-refractivity contribution in [2.24, 2.45) is 17.8 Å². The van der Waals surface area contributed by atoms with Gasteiger partial charge in [-0.3, -0.25) is 4.79 Å². The van der Waals surface area contributed by atoms with Crippen LogP contribution in [0.4, 0.5) is 0 Å². The number of ether oxygens (including phenoxy) is 1. The van der Waals surface area contributed by atoms with Gasteiger partial charge in [0.25, 0.3) is 0 Å². The number of hydrogen-bond acceptors (Lipinski definition) is 2. The van der Waals surface area contributed by atoms with Crippen molar-refractivity contribution in [2.75, 3.05) is 13.2 Å². The average Bonchev–Trinajstić information content (AvgIpc) is 2.60. The second-order valence-electron chi connectivity index (χ2n) is 3.06. The first-order valence-electron chi connectivity index (χ1n) is 3.61. The van der Waals surface area contributed by atoms with E-state index >= 15 is 0 Å². The Morgan fingerprint density at radius 2 is 2.30 bits per heavy atom. The lowest BCUT2D eigenvalue weighted by molar-refractivity contribution is -0.139. The lowest BCUT2D eigenvalue weighted by Crippen LogP contribution is -2.07. The summed E-state index contributed by atoms with van der Waals surface area (Å²) in [5.41, 5.74) is 0. The van der Waals surface area contributed by atoms with Crippen molar-refractivity contribution >= 4 is 5.97 Å². The van der Waals surface area contributed by atoms with Gasteiger partial charge in [0.1, 0.15) is 0 Å². The molecule has 3 heteroatoms. The van der Waals surface area contributed by atoms with Crippen molar-refractivity contribution in [1.29, 1.82) is 0 Å². The third-order valence-electron chi connectivity index (χ3n) is 2.52. The second-order valence-corrected chi connectivity index (χ2v) is 3.06. The monoisotopic (exact) mass is 142 g/mol. The molecule has 0 aromatic carbocycles. The van der Waals surface area contributed by atoms with Gasteiger partial charge in [-0.05, 0) is 18.3 Å². The molecule has 2 fully saturated rings. The first-order chi connectivity index (χ1) is 4.80. The number of carboxylic acids is 1. The Kier molecular flexibility index (Phi) is 1.20. The van der Waals surface area contributed by atoms with Crippen LogP contribution in [0.2, 0.25) is 0 Å². The quantitative estimate of drug-likeness (QED) is 0.574. The zero-order chi connectivity index (χ0) is 7.14. The molecule has 0 aromatic heterocycles. The molecule has 1 saturated carbocycles. The standard InChI is InChI=1S/C7H10O3/c8-7(9)6-4-1-2-10-3-5(4)6/h4-6H,1-3H2,(H,8,9)/t4-,5+,6-/m0/s1. The molecule has 0 spiro atoms. The summed E-state index contributed by atoms with van der Waals surface area (Å²) in [5, 5.41) is 8.63. The molecular weight excluding hydrogens is 132 g/mol. The van der Waals surface area contributed by atoms with Crippen LogP contribution < -0.4 is 0 Å². The van der Waals surface area contributed by atoms with E-state index in [-0.39, 0.29) is 5.92 Å². The molecule has 1 saturated heterocycles. The van der Waals surface area contributed by atoms with Crippen LogP contribution in [0.1, 0.15) is 6.42 Å². The molecule has 0 amide bonds. The fraction of sp³-hybridized carbons (Fsp3) is 0.857. The molecule has 2 aliphatic rings. The van der Waals surface area contributed by atoms with Crippen LogP contribution in [0.25, 0.3) is 0 Å². The van der Waals surface area contributed by atoms with Gasteiger partial charge in [0.2, 0.25) is 0 Å². The van der Waals surface area contributed by atoms with E-state index in [0.717, 1.165) is 13.0 Å². The summed E-state index contributed by atoms with van der Waals surface area (Å²) in [4.78, 5) is 10.5. The highest BCUT2D eigenvalue weighted by Gasteiger charge is 2.55. The lowest BCUT2D eigenvalue weighted by atomic mass is 10.2. The first kappa shape index (κ1) is 6.16. The highest BCUT2D eigenvalue weighted by Crippen LogP contribution is 2.50. The molecule has 2 rings (SSSR count). The summed E-state index contributed by atoms with van der Waals surface area (Å²) in [6.45, 7) is 1.42. The van der Waals surface area contributed by atoms with Gasteiger partial charge in [0.15, 0.2) is 0 Å². The highest BCUT2D eigenvalue weighted by molar-refractivity contribution is 5.74. The normalized spacial score (nSPS) is 44.2. The van der Waals surface area contributed by atoms with Crippen molar-refractivity contribution in [3.63, 3.8) is 0 Å². The van der Waals surface area contributed by atoms with E-state index in [2.05, 4.69) is 0 Å². The number of carboxylic acid groups (broad SMARTS) is 1. The fourth-order valence-electron chi connectivity index (χ4n) is 1.87. The van der Waals surface area contributed by atoms with Gasteiger partial charge >= 0.3 is 5.97 Å². The van der Waals surface area contributed by atoms with E-state index in [9.17, 15) is 4.79 Å². The third-order valence-corrected chi connectivity index (χ3v) is 2.52. The van der Waals surface area contributed by atoms with E-state index in [0.29, 0.717) is 18.4 Å². The Balaban J connectivity index is 1.99. The average molecular weight is 142 g/mol. The van der Waals surface area contributed by atoms with Crippen molar-refractivity contribution in [1.82, 2.24) is 0 Å². The van der Waals surface area contributed by atoms with E-state index < -0.39 is 5.97 Å². The fourth-order valence-corrected chi connectivity index (χ4v) is 1.87. The van der Waals surface area contributed by atoms with Crippen LogP contribution in [0.15, 0.2) is 0 Å². The summed E-state index contributed by atoms with van der Waals surface area (Å²) in [6, 6.07) is 0. The summed E-state index contributed by atoms with van der Waals surface area (Å²) in [7, 11) is 0. The first-order valence-corrected chi connectivity index (χ1v) is 3.61. The van der Waals surface area contributed by atoms with Crippen molar-refractivity contribution in [3.05, 3.63) is 0 Å². The Hall–Kier alpha value is -0.570. The molecule has 0 radical (unpaired) electrons. The number of hydrogen-bond donors (Lipinski definition) is 1. The topological polar surface area (TPSA) is 46.5 Å². The maximum Gasteiger partial charge on any atom is 0.307 e. The molecule has 0 unspecified atom stereocenters. The van der Waals surface area contributed by atoms with Gasteiger partial charge in [0.05, 0.1) is 12.5 Å². The Bertz CT molecular complexity index is 154. The predicted molar refractivity (Wildman–Crippen MR) is 33.5 cm³/mol. The molecule has 3 atom stereocenters. The maximum atomic E-state index is 10.5. The largest absolute Gasteiger partial charge is 0.481 e. The van der Waals surface area contributed by atoms with Crippen LogP contribution in [-0.2, 0) is 9.53 Å². The minimum absolute atomic E-state index is 0.0810. The Labute approximate surface area is 59.0 Å². The molecule has 0 bridgehead atoms. The van der Waals surface area contributed by atoms with Gasteiger partial charge in [0, 0.05) is 6.61 Å². The predicted octanol–water partition coefficient (Wildman–Crippen LogP) is 0.354. The van der Waals surface area contributed by atoms with Crippen molar-refractivity contribution < 1.29 is 14.6 Å². The van der Waals surface area contributed by atoms with Crippen molar-refractivity contribution in [2.45, 2.75) is 6.42 Å². The summed E-state index contributed by atoms with van der Waals surface area (Å²) < 4.78 is 5.14. The number of rotatable bonds is 1. The molecule has 1 aliphatic carbocycles. The summed E-state index contributed by atoms with van der Waals surface area (Å²) >= 11 is 0. The summed E-state index contributed by atoms with van der Waals surface area (Å²) in [6.07, 6.45) is 0.946. The summed E-state index contributed by atoms with van der Waals surface area (Å²) in [5.74, 6) is 0.0560. The second kappa shape index (κ2) is 1.95. The van der Waals surface area contributed by atoms with Gasteiger partial charge in [-0.2, -0.15) is 0 Å². The minimum Gasteiger partial charge on any atom is -0.481 e. The van der Waals surface area contributed by atoms with Crippen LogP contribution in [0, 0.1) is 17.8 Å². The third kappa shape index (κ3) is 0.736. The van der Waals surface area contributed by atoms with Gasteiger partial charge in [-0.25, -0.2) is 0 Å². The SMILES string of the molecule is O=C(O)[C@@H]1[C@@H]2COCC[C@@H]21. The van der Waals surface area contributed by atoms with Gasteiger partial charge in [-0.1, -0.05) is 0 Å². The smallest absolute Gasteiger partial charge is 0.307 e. The van der Waals surface area contributed by atoms with Gasteiger partial charge in [-0.15, -0.1) is 0 Å². The minimum atomic E-state index is -0.638. The Morgan fingerprint density at radius 3 is 2.80 bits per heavy atom. The van der Waals surface area contributed by atoms with Crippen molar-refractivity contribution in [3.8, 4) is 0 Å². The van der Waals surface area contributed by atoms with Crippen LogP contribution in [-0.4, -0.2) is 24.3 Å². The molecule has 0 aromatic rings. The molecular formula is C7H10O3. The number of fused-ring (bicyclic) bond motifs is 1. The molecule has 10 heavy (non-hydrogen) atoms. The molecule has 1 aliphatic heterocycles. The van der Waals surface area contributed by atoms with Crippen LogP contribution in [0.5, 0.6) is 0 Å². The van der Waals surface area contributed by atoms with E-state index in [1.807, 2.05) is 0 Å². The van der Waals surface area contributed by atoms with Crippen LogP contribution in [0.3, 0.4) is 0 Å². The number of aliphatic carboxylic acids is 1.